The molecule has 17 heavy (non-hydrogen) atoms. The summed E-state index contributed by atoms with van der Waals surface area (Å²) in [6.45, 7) is 4.11. The van der Waals surface area contributed by atoms with E-state index in [4.69, 9.17) is 10.3 Å². The van der Waals surface area contributed by atoms with E-state index in [-0.39, 0.29) is 11.5 Å². The van der Waals surface area contributed by atoms with E-state index in [0.29, 0.717) is 23.9 Å². The van der Waals surface area contributed by atoms with E-state index in [1.54, 1.807) is 6.07 Å². The van der Waals surface area contributed by atoms with Gasteiger partial charge in [0.05, 0.1) is 5.56 Å². The molecule has 2 aromatic rings. The van der Waals surface area contributed by atoms with Crippen LogP contribution in [0.5, 0.6) is 0 Å². The maximum atomic E-state index is 13.6. The number of nitrogens with two attached hydrogens (primary N) is 1. The number of nitrogens with zero attached hydrogens (tertiary/aromatic N) is 2. The topological polar surface area (TPSA) is 64.9 Å². The quantitative estimate of drug-likeness (QED) is 0.830. The largest absolute Gasteiger partial charge is 0.399 e. The Morgan fingerprint density at radius 1 is 1.41 bits per heavy atom. The van der Waals surface area contributed by atoms with Gasteiger partial charge in [-0.15, -0.1) is 0 Å². The van der Waals surface area contributed by atoms with Crippen molar-refractivity contribution in [2.75, 3.05) is 5.73 Å². The first-order chi connectivity index (χ1) is 8.06. The van der Waals surface area contributed by atoms with Gasteiger partial charge in [0, 0.05) is 12.1 Å². The Bertz CT molecular complexity index is 522. The number of rotatable bonds is 3. The van der Waals surface area contributed by atoms with Crippen molar-refractivity contribution in [1.82, 2.24) is 10.1 Å². The molecule has 0 unspecified atom stereocenters. The van der Waals surface area contributed by atoms with Crippen LogP contribution in [0, 0.1) is 11.7 Å². The summed E-state index contributed by atoms with van der Waals surface area (Å²) in [7, 11) is 0. The van der Waals surface area contributed by atoms with Crippen LogP contribution in [-0.2, 0) is 6.42 Å². The van der Waals surface area contributed by atoms with Crippen molar-refractivity contribution >= 4 is 5.69 Å². The molecule has 2 rings (SSSR count). The fraction of sp³-hybridized carbons (Fsp3) is 0.333. The third-order valence-corrected chi connectivity index (χ3v) is 2.28. The van der Waals surface area contributed by atoms with Crippen molar-refractivity contribution < 1.29 is 8.91 Å². The molecule has 0 amide bonds. The smallest absolute Gasteiger partial charge is 0.260 e. The number of hydrogen-bond acceptors (Lipinski definition) is 4. The van der Waals surface area contributed by atoms with Gasteiger partial charge < -0.3 is 10.3 Å². The van der Waals surface area contributed by atoms with E-state index in [1.807, 2.05) is 0 Å². The number of aromatic nitrogens is 2. The normalized spacial score (nSPS) is 11.1. The number of hydrogen-bond donors (Lipinski definition) is 1. The van der Waals surface area contributed by atoms with E-state index >= 15 is 0 Å². The molecule has 4 nitrogen and oxygen atoms in total. The maximum Gasteiger partial charge on any atom is 0.260 e. The van der Waals surface area contributed by atoms with Crippen LogP contribution in [-0.4, -0.2) is 10.1 Å². The molecule has 0 aliphatic heterocycles. The van der Waals surface area contributed by atoms with Crippen LogP contribution >= 0.6 is 0 Å². The Hall–Kier alpha value is -1.91. The highest BCUT2D eigenvalue weighted by Crippen LogP contribution is 2.23. The van der Waals surface area contributed by atoms with E-state index in [0.717, 1.165) is 0 Å². The van der Waals surface area contributed by atoms with Gasteiger partial charge in [0.25, 0.3) is 5.89 Å². The Labute approximate surface area is 98.6 Å². The zero-order valence-electron chi connectivity index (χ0n) is 9.77. The van der Waals surface area contributed by atoms with Gasteiger partial charge in [-0.3, -0.25) is 0 Å². The predicted molar refractivity (Wildman–Crippen MR) is 62.6 cm³/mol. The van der Waals surface area contributed by atoms with E-state index in [2.05, 4.69) is 24.0 Å². The van der Waals surface area contributed by atoms with Crippen molar-refractivity contribution in [1.29, 1.82) is 0 Å². The first kappa shape index (κ1) is 11.6. The molecular formula is C12H14FN3O. The summed E-state index contributed by atoms with van der Waals surface area (Å²) in [5.41, 5.74) is 6.12. The van der Waals surface area contributed by atoms with Crippen molar-refractivity contribution in [3.05, 3.63) is 29.8 Å². The van der Waals surface area contributed by atoms with Crippen molar-refractivity contribution in [3.63, 3.8) is 0 Å². The molecule has 0 aliphatic rings. The van der Waals surface area contributed by atoms with Crippen LogP contribution in [0.1, 0.15) is 19.7 Å². The second-order valence-corrected chi connectivity index (χ2v) is 4.35. The summed E-state index contributed by atoms with van der Waals surface area (Å²) < 4.78 is 18.6. The van der Waals surface area contributed by atoms with Crippen LogP contribution in [0.4, 0.5) is 10.1 Å². The third kappa shape index (κ3) is 2.61. The number of benzene rings is 1. The molecule has 5 heteroatoms. The summed E-state index contributed by atoms with van der Waals surface area (Å²) in [4.78, 5) is 4.15. The monoisotopic (exact) mass is 235 g/mol. The number of halogens is 1. The van der Waals surface area contributed by atoms with Crippen LogP contribution in [0.2, 0.25) is 0 Å². The van der Waals surface area contributed by atoms with E-state index in [1.165, 1.54) is 12.1 Å². The fourth-order valence-electron chi connectivity index (χ4n) is 1.52. The maximum absolute atomic E-state index is 13.6. The van der Waals surface area contributed by atoms with Crippen LogP contribution in [0.3, 0.4) is 0 Å². The number of anilines is 1. The van der Waals surface area contributed by atoms with Gasteiger partial charge in [-0.1, -0.05) is 19.0 Å². The molecule has 1 aromatic heterocycles. The third-order valence-electron chi connectivity index (χ3n) is 2.28. The molecule has 0 saturated heterocycles. The van der Waals surface area contributed by atoms with Gasteiger partial charge in [-0.2, -0.15) is 4.98 Å². The van der Waals surface area contributed by atoms with Gasteiger partial charge in [-0.25, -0.2) is 4.39 Å². The van der Waals surface area contributed by atoms with Gasteiger partial charge in [0.15, 0.2) is 5.82 Å². The molecule has 0 fully saturated rings. The lowest BCUT2D eigenvalue weighted by atomic mass is 10.1. The molecule has 0 aliphatic carbocycles. The first-order valence-corrected chi connectivity index (χ1v) is 5.44. The SMILES string of the molecule is CC(C)Cc1noc(-c2ccc(N)cc2F)n1. The second kappa shape index (κ2) is 4.53. The van der Waals surface area contributed by atoms with Gasteiger partial charge in [0.2, 0.25) is 0 Å². The Kier molecular flexibility index (Phi) is 3.08. The highest BCUT2D eigenvalue weighted by atomic mass is 19.1. The minimum Gasteiger partial charge on any atom is -0.399 e. The lowest BCUT2D eigenvalue weighted by Crippen LogP contribution is -1.96. The lowest BCUT2D eigenvalue weighted by Gasteiger charge is -1.98. The summed E-state index contributed by atoms with van der Waals surface area (Å²) in [6, 6.07) is 4.38. The Morgan fingerprint density at radius 3 is 2.82 bits per heavy atom. The molecule has 0 saturated carbocycles. The summed E-state index contributed by atoms with van der Waals surface area (Å²) in [5, 5.41) is 3.81. The summed E-state index contributed by atoms with van der Waals surface area (Å²) in [5.74, 6) is 0.755. The fourth-order valence-corrected chi connectivity index (χ4v) is 1.52. The van der Waals surface area contributed by atoms with Crippen LogP contribution < -0.4 is 5.73 Å². The van der Waals surface area contributed by atoms with Crippen molar-refractivity contribution in [2.24, 2.45) is 5.92 Å². The highest BCUT2D eigenvalue weighted by molar-refractivity contribution is 5.58. The zero-order chi connectivity index (χ0) is 12.4. The lowest BCUT2D eigenvalue weighted by molar-refractivity contribution is 0.415. The van der Waals surface area contributed by atoms with Gasteiger partial charge >= 0.3 is 0 Å². The minimum atomic E-state index is -0.454. The van der Waals surface area contributed by atoms with Gasteiger partial charge in [-0.05, 0) is 24.1 Å². The predicted octanol–water partition coefficient (Wildman–Crippen LogP) is 2.66. The summed E-state index contributed by atoms with van der Waals surface area (Å²) in [6.07, 6.45) is 0.708. The molecule has 0 bridgehead atoms. The van der Waals surface area contributed by atoms with Crippen LogP contribution in [0.25, 0.3) is 11.5 Å². The molecule has 90 valence electrons. The molecule has 0 spiro atoms. The standard InChI is InChI=1S/C12H14FN3O/c1-7(2)5-11-15-12(17-16-11)9-4-3-8(14)6-10(9)13/h3-4,6-7H,5,14H2,1-2H3. The molecule has 1 heterocycles. The Balaban J connectivity index is 2.30. The van der Waals surface area contributed by atoms with Crippen molar-refractivity contribution in [2.45, 2.75) is 20.3 Å². The van der Waals surface area contributed by atoms with Crippen molar-refractivity contribution in [3.8, 4) is 11.5 Å². The molecule has 2 N–H and O–H groups in total. The average Bonchev–Trinajstić information content (AvgIpc) is 2.65. The number of nitrogen functional groups attached to an aromatic ring is 1. The molecule has 1 aromatic carbocycles. The second-order valence-electron chi connectivity index (χ2n) is 4.35. The minimum absolute atomic E-state index is 0.193. The molecule has 0 atom stereocenters. The van der Waals surface area contributed by atoms with Gasteiger partial charge in [0.1, 0.15) is 5.82 Å². The Morgan fingerprint density at radius 2 is 2.18 bits per heavy atom. The molecular weight excluding hydrogens is 221 g/mol. The van der Waals surface area contributed by atoms with E-state index < -0.39 is 5.82 Å². The zero-order valence-corrected chi connectivity index (χ0v) is 9.77. The highest BCUT2D eigenvalue weighted by Gasteiger charge is 2.13. The summed E-state index contributed by atoms with van der Waals surface area (Å²) >= 11 is 0. The first-order valence-electron chi connectivity index (χ1n) is 5.44. The van der Waals surface area contributed by atoms with Crippen LogP contribution in [0.15, 0.2) is 22.7 Å². The molecule has 0 radical (unpaired) electrons. The average molecular weight is 235 g/mol. The van der Waals surface area contributed by atoms with E-state index in [9.17, 15) is 4.39 Å².